The van der Waals surface area contributed by atoms with Crippen LogP contribution < -0.4 is 11.1 Å². The van der Waals surface area contributed by atoms with E-state index >= 15 is 0 Å². The largest absolute Gasteiger partial charge is 0.350 e. The molecule has 0 spiro atoms. The van der Waals surface area contributed by atoms with Gasteiger partial charge >= 0.3 is 0 Å². The Morgan fingerprint density at radius 3 is 2.71 bits per heavy atom. The summed E-state index contributed by atoms with van der Waals surface area (Å²) in [7, 11) is 0. The van der Waals surface area contributed by atoms with E-state index in [0.717, 1.165) is 12.8 Å². The van der Waals surface area contributed by atoms with Gasteiger partial charge in [-0.2, -0.15) is 0 Å². The summed E-state index contributed by atoms with van der Waals surface area (Å²) in [6.45, 7) is 4.46. The highest BCUT2D eigenvalue weighted by Crippen LogP contribution is 2.14. The number of amides is 1. The van der Waals surface area contributed by atoms with Crippen molar-refractivity contribution >= 4 is 17.5 Å². The predicted molar refractivity (Wildman–Crippen MR) is 69.1 cm³/mol. The molecule has 4 nitrogen and oxygen atoms in total. The number of rotatable bonds is 5. The Balaban J connectivity index is 2.65. The minimum atomic E-state index is -0.352. The first-order valence-corrected chi connectivity index (χ1v) is 6.07. The van der Waals surface area contributed by atoms with Crippen LogP contribution >= 0.6 is 11.6 Å². The summed E-state index contributed by atoms with van der Waals surface area (Å²) in [5, 5.41) is 3.15. The molecule has 1 heterocycles. The molecule has 94 valence electrons. The van der Waals surface area contributed by atoms with Crippen LogP contribution in [0.4, 0.5) is 0 Å². The number of pyridine rings is 1. The van der Waals surface area contributed by atoms with Gasteiger partial charge in [0.2, 0.25) is 0 Å². The maximum atomic E-state index is 11.9. The van der Waals surface area contributed by atoms with Gasteiger partial charge in [0.1, 0.15) is 0 Å². The molecule has 0 unspecified atom stereocenters. The van der Waals surface area contributed by atoms with Crippen LogP contribution in [0.3, 0.4) is 0 Å². The molecule has 3 N–H and O–H groups in total. The molecule has 0 fully saturated rings. The maximum Gasteiger partial charge on any atom is 0.252 e. The topological polar surface area (TPSA) is 68.0 Å². The molecule has 1 rings (SSSR count). The van der Waals surface area contributed by atoms with Gasteiger partial charge in [0.15, 0.2) is 0 Å². The number of carbonyl (C=O) groups excluding carboxylic acids is 1. The van der Waals surface area contributed by atoms with Crippen molar-refractivity contribution in [3.8, 4) is 0 Å². The fourth-order valence-electron chi connectivity index (χ4n) is 1.41. The number of aromatic nitrogens is 1. The molecule has 0 aliphatic rings. The summed E-state index contributed by atoms with van der Waals surface area (Å²) in [5.41, 5.74) is 6.18. The minimum absolute atomic E-state index is 0.214. The van der Waals surface area contributed by atoms with Crippen LogP contribution in [0.5, 0.6) is 0 Å². The van der Waals surface area contributed by atoms with Gasteiger partial charge in [0, 0.05) is 24.5 Å². The van der Waals surface area contributed by atoms with E-state index in [1.54, 1.807) is 6.07 Å². The van der Waals surface area contributed by atoms with Gasteiger partial charge in [-0.05, 0) is 18.9 Å². The number of halogens is 1. The third-order valence-electron chi connectivity index (χ3n) is 3.03. The molecule has 1 amide bonds. The molecule has 0 bridgehead atoms. The molecular weight excluding hydrogens is 238 g/mol. The highest BCUT2D eigenvalue weighted by atomic mass is 35.5. The number of hydrogen-bond donors (Lipinski definition) is 2. The molecule has 0 aliphatic heterocycles. The lowest BCUT2D eigenvalue weighted by Crippen LogP contribution is -2.49. The summed E-state index contributed by atoms with van der Waals surface area (Å²) in [6.07, 6.45) is 4.61. The first-order valence-electron chi connectivity index (χ1n) is 5.69. The second-order valence-corrected chi connectivity index (χ2v) is 4.51. The SMILES string of the molecule is CCC(N)(CC)CNC(=O)c1ccncc1Cl. The Labute approximate surface area is 107 Å². The molecule has 1 aromatic heterocycles. The van der Waals surface area contributed by atoms with Crippen LogP contribution in [-0.4, -0.2) is 23.0 Å². The second kappa shape index (κ2) is 5.98. The van der Waals surface area contributed by atoms with E-state index in [-0.39, 0.29) is 11.4 Å². The zero-order valence-corrected chi connectivity index (χ0v) is 10.9. The Morgan fingerprint density at radius 2 is 2.18 bits per heavy atom. The zero-order chi connectivity index (χ0) is 12.9. The van der Waals surface area contributed by atoms with E-state index in [1.807, 2.05) is 13.8 Å². The van der Waals surface area contributed by atoms with E-state index in [0.29, 0.717) is 17.1 Å². The third kappa shape index (κ3) is 3.68. The normalized spacial score (nSPS) is 11.3. The van der Waals surface area contributed by atoms with Crippen molar-refractivity contribution in [1.82, 2.24) is 10.3 Å². The Morgan fingerprint density at radius 1 is 1.53 bits per heavy atom. The molecule has 0 aromatic carbocycles. The van der Waals surface area contributed by atoms with E-state index in [9.17, 15) is 4.79 Å². The van der Waals surface area contributed by atoms with Crippen molar-refractivity contribution in [2.24, 2.45) is 5.73 Å². The van der Waals surface area contributed by atoms with Gasteiger partial charge in [-0.25, -0.2) is 0 Å². The van der Waals surface area contributed by atoms with Crippen LogP contribution in [0, 0.1) is 0 Å². The Hall–Kier alpha value is -1.13. The van der Waals surface area contributed by atoms with Crippen molar-refractivity contribution < 1.29 is 4.79 Å². The number of nitrogens with two attached hydrogens (primary N) is 1. The molecule has 0 aliphatic carbocycles. The summed E-state index contributed by atoms with van der Waals surface area (Å²) < 4.78 is 0. The van der Waals surface area contributed by atoms with Gasteiger partial charge < -0.3 is 11.1 Å². The van der Waals surface area contributed by atoms with Crippen molar-refractivity contribution in [2.75, 3.05) is 6.54 Å². The quantitative estimate of drug-likeness (QED) is 0.845. The number of hydrogen-bond acceptors (Lipinski definition) is 3. The highest BCUT2D eigenvalue weighted by Gasteiger charge is 2.21. The molecule has 5 heteroatoms. The first-order chi connectivity index (χ1) is 8.02. The standard InChI is InChI=1S/C12H18ClN3O/c1-3-12(14,4-2)8-16-11(17)9-5-6-15-7-10(9)13/h5-7H,3-4,8,14H2,1-2H3,(H,16,17). The third-order valence-corrected chi connectivity index (χ3v) is 3.33. The molecule has 0 atom stereocenters. The summed E-state index contributed by atoms with van der Waals surface area (Å²) >= 11 is 5.88. The lowest BCUT2D eigenvalue weighted by Gasteiger charge is -2.26. The van der Waals surface area contributed by atoms with Crippen molar-refractivity contribution in [3.05, 3.63) is 29.0 Å². The molecule has 0 radical (unpaired) electrons. The van der Waals surface area contributed by atoms with Crippen molar-refractivity contribution in [1.29, 1.82) is 0 Å². The smallest absolute Gasteiger partial charge is 0.252 e. The van der Waals surface area contributed by atoms with Crippen LogP contribution in [0.15, 0.2) is 18.5 Å². The maximum absolute atomic E-state index is 11.9. The second-order valence-electron chi connectivity index (χ2n) is 4.11. The summed E-state index contributed by atoms with van der Waals surface area (Å²) in [6, 6.07) is 1.59. The molecular formula is C12H18ClN3O. The number of nitrogens with one attached hydrogen (secondary N) is 1. The molecule has 0 saturated carbocycles. The van der Waals surface area contributed by atoms with Crippen molar-refractivity contribution in [2.45, 2.75) is 32.2 Å². The van der Waals surface area contributed by atoms with Crippen LogP contribution in [-0.2, 0) is 0 Å². The fourth-order valence-corrected chi connectivity index (χ4v) is 1.62. The van der Waals surface area contributed by atoms with Gasteiger partial charge in [0.05, 0.1) is 10.6 Å². The molecule has 17 heavy (non-hydrogen) atoms. The van der Waals surface area contributed by atoms with E-state index in [4.69, 9.17) is 17.3 Å². The van der Waals surface area contributed by atoms with Crippen LogP contribution in [0.2, 0.25) is 5.02 Å². The lowest BCUT2D eigenvalue weighted by molar-refractivity contribution is 0.0942. The van der Waals surface area contributed by atoms with Crippen LogP contribution in [0.1, 0.15) is 37.0 Å². The minimum Gasteiger partial charge on any atom is -0.350 e. The van der Waals surface area contributed by atoms with Gasteiger partial charge in [-0.15, -0.1) is 0 Å². The first kappa shape index (κ1) is 13.9. The van der Waals surface area contributed by atoms with E-state index in [2.05, 4.69) is 10.3 Å². The monoisotopic (exact) mass is 255 g/mol. The van der Waals surface area contributed by atoms with Crippen molar-refractivity contribution in [3.63, 3.8) is 0 Å². The van der Waals surface area contributed by atoms with E-state index < -0.39 is 0 Å². The van der Waals surface area contributed by atoms with Gasteiger partial charge in [-0.1, -0.05) is 25.4 Å². The Bertz CT molecular complexity index is 391. The van der Waals surface area contributed by atoms with Gasteiger partial charge in [0.25, 0.3) is 5.91 Å². The highest BCUT2D eigenvalue weighted by molar-refractivity contribution is 6.33. The molecule has 0 saturated heterocycles. The fraction of sp³-hybridized carbons (Fsp3) is 0.500. The number of carbonyl (C=O) groups is 1. The zero-order valence-electron chi connectivity index (χ0n) is 10.2. The van der Waals surface area contributed by atoms with Gasteiger partial charge in [-0.3, -0.25) is 9.78 Å². The lowest BCUT2D eigenvalue weighted by atomic mass is 9.94. The summed E-state index contributed by atoms with van der Waals surface area (Å²) in [5.74, 6) is -0.214. The average Bonchev–Trinajstić information content (AvgIpc) is 2.36. The number of nitrogens with zero attached hydrogens (tertiary/aromatic N) is 1. The average molecular weight is 256 g/mol. The predicted octanol–water partition coefficient (Wildman–Crippen LogP) is 1.98. The Kier molecular flexibility index (Phi) is 4.90. The summed E-state index contributed by atoms with van der Waals surface area (Å²) in [4.78, 5) is 15.7. The molecule has 1 aromatic rings. The van der Waals surface area contributed by atoms with E-state index in [1.165, 1.54) is 12.4 Å². The van der Waals surface area contributed by atoms with Crippen LogP contribution in [0.25, 0.3) is 0 Å².